The molecule has 41 heavy (non-hydrogen) atoms. The summed E-state index contributed by atoms with van der Waals surface area (Å²) in [7, 11) is 0. The number of aryl methyl sites for hydroxylation is 4. The molecule has 1 heterocycles. The van der Waals surface area contributed by atoms with Crippen LogP contribution in [0.15, 0.2) is 66.9 Å². The van der Waals surface area contributed by atoms with Crippen LogP contribution >= 0.6 is 0 Å². The fraction of sp³-hybridized carbons (Fsp3) is 0.364. The highest BCUT2D eigenvalue weighted by atomic mass is 19.4. The van der Waals surface area contributed by atoms with Gasteiger partial charge in [0.15, 0.2) is 18.2 Å². The number of benzene rings is 3. The quantitative estimate of drug-likeness (QED) is 0.112. The Bertz CT molecular complexity index is 1420. The first-order valence-corrected chi connectivity index (χ1v) is 14.0. The maximum atomic E-state index is 15.3. The molecule has 0 spiro atoms. The Balaban J connectivity index is 1.31. The first-order valence-electron chi connectivity index (χ1n) is 14.0. The molecule has 0 amide bonds. The molecular weight excluding hydrogens is 537 g/mol. The van der Waals surface area contributed by atoms with Gasteiger partial charge in [-0.05, 0) is 78.4 Å². The van der Waals surface area contributed by atoms with Crippen LogP contribution in [0.1, 0.15) is 55.0 Å². The molecule has 4 aromatic rings. The maximum absolute atomic E-state index is 15.3. The molecule has 0 aliphatic rings. The van der Waals surface area contributed by atoms with Crippen molar-refractivity contribution in [3.05, 3.63) is 101 Å². The number of rotatable bonds is 14. The zero-order chi connectivity index (χ0) is 29.2. The first kappa shape index (κ1) is 30.3. The predicted octanol–water partition coefficient (Wildman–Crippen LogP) is 8.98. The fourth-order valence-corrected chi connectivity index (χ4v) is 4.63. The van der Waals surface area contributed by atoms with Crippen molar-refractivity contribution in [2.24, 2.45) is 0 Å². The summed E-state index contributed by atoms with van der Waals surface area (Å²) in [6.07, 6.45) is 3.99. The summed E-state index contributed by atoms with van der Waals surface area (Å²) in [6, 6.07) is 17.0. The van der Waals surface area contributed by atoms with Gasteiger partial charge in [0, 0.05) is 11.1 Å². The Morgan fingerprint density at radius 2 is 1.54 bits per heavy atom. The molecule has 0 saturated carbocycles. The van der Waals surface area contributed by atoms with Crippen molar-refractivity contribution in [3.8, 4) is 11.5 Å². The van der Waals surface area contributed by atoms with Crippen molar-refractivity contribution >= 4 is 10.8 Å². The van der Waals surface area contributed by atoms with Gasteiger partial charge >= 0.3 is 6.18 Å². The number of hydrogen-bond donors (Lipinski definition) is 0. The SMILES string of the molecule is CCCCCCOc1ccc(CCc2ccc3c(F)c(CCc4ccc(OCC(F)(F)F)c(F)c4)ccc3c2)nc1. The Kier molecular flexibility index (Phi) is 10.6. The normalized spacial score (nSPS) is 11.7. The van der Waals surface area contributed by atoms with E-state index in [-0.39, 0.29) is 5.82 Å². The summed E-state index contributed by atoms with van der Waals surface area (Å²) in [5.74, 6) is -0.893. The smallest absolute Gasteiger partial charge is 0.422 e. The van der Waals surface area contributed by atoms with Crippen molar-refractivity contribution < 1.29 is 31.4 Å². The van der Waals surface area contributed by atoms with Crippen molar-refractivity contribution in [1.82, 2.24) is 4.98 Å². The molecule has 218 valence electrons. The van der Waals surface area contributed by atoms with E-state index in [1.54, 1.807) is 18.3 Å². The standard InChI is InChI=1S/C33H34F5NO2/c1-2-3-4-5-18-40-28-15-14-27(39-21-28)13-7-23-8-16-29-26(19-23)12-11-25(32(29)35)10-6-24-9-17-31(30(34)20-24)41-22-33(36,37)38/h8-9,11-12,14-17,19-21H,2-7,10,13,18,22H2,1H3. The van der Waals surface area contributed by atoms with E-state index in [2.05, 4.69) is 16.6 Å². The van der Waals surface area contributed by atoms with Crippen molar-refractivity contribution in [3.63, 3.8) is 0 Å². The highest BCUT2D eigenvalue weighted by Gasteiger charge is 2.29. The van der Waals surface area contributed by atoms with Crippen LogP contribution in [0.2, 0.25) is 0 Å². The number of ether oxygens (including phenoxy) is 2. The number of unbranched alkanes of at least 4 members (excludes halogenated alkanes) is 3. The largest absolute Gasteiger partial charge is 0.492 e. The van der Waals surface area contributed by atoms with Crippen LogP contribution in [-0.4, -0.2) is 24.4 Å². The van der Waals surface area contributed by atoms with Crippen molar-refractivity contribution in [1.29, 1.82) is 0 Å². The van der Waals surface area contributed by atoms with Gasteiger partial charge in [-0.15, -0.1) is 0 Å². The zero-order valence-electron chi connectivity index (χ0n) is 23.1. The van der Waals surface area contributed by atoms with Gasteiger partial charge in [-0.1, -0.05) is 62.6 Å². The van der Waals surface area contributed by atoms with E-state index >= 15 is 4.39 Å². The van der Waals surface area contributed by atoms with Crippen LogP contribution in [0.5, 0.6) is 11.5 Å². The number of nitrogens with zero attached hydrogens (tertiary/aromatic N) is 1. The average Bonchev–Trinajstić information content (AvgIpc) is 2.95. The zero-order valence-corrected chi connectivity index (χ0v) is 23.1. The second-order valence-corrected chi connectivity index (χ2v) is 10.2. The molecule has 0 aliphatic heterocycles. The van der Waals surface area contributed by atoms with E-state index in [1.807, 2.05) is 30.3 Å². The lowest BCUT2D eigenvalue weighted by molar-refractivity contribution is -0.153. The van der Waals surface area contributed by atoms with Gasteiger partial charge in [-0.3, -0.25) is 4.98 Å². The number of halogens is 5. The lowest BCUT2D eigenvalue weighted by Gasteiger charge is -2.11. The molecule has 3 nitrogen and oxygen atoms in total. The topological polar surface area (TPSA) is 31.4 Å². The van der Waals surface area contributed by atoms with Gasteiger partial charge in [-0.25, -0.2) is 8.78 Å². The second kappa shape index (κ2) is 14.3. The van der Waals surface area contributed by atoms with Gasteiger partial charge in [0.1, 0.15) is 11.6 Å². The van der Waals surface area contributed by atoms with E-state index in [9.17, 15) is 17.6 Å². The van der Waals surface area contributed by atoms with Crippen LogP contribution in [0.4, 0.5) is 22.0 Å². The van der Waals surface area contributed by atoms with Crippen LogP contribution < -0.4 is 9.47 Å². The van der Waals surface area contributed by atoms with E-state index in [4.69, 9.17) is 4.74 Å². The summed E-state index contributed by atoms with van der Waals surface area (Å²) < 4.78 is 76.7. The van der Waals surface area contributed by atoms with Gasteiger partial charge < -0.3 is 9.47 Å². The molecule has 0 radical (unpaired) electrons. The van der Waals surface area contributed by atoms with Crippen molar-refractivity contribution in [2.45, 2.75) is 64.5 Å². The number of hydrogen-bond acceptors (Lipinski definition) is 3. The van der Waals surface area contributed by atoms with Crippen LogP contribution in [0.3, 0.4) is 0 Å². The molecule has 0 saturated heterocycles. The molecule has 0 N–H and O–H groups in total. The highest BCUT2D eigenvalue weighted by Crippen LogP contribution is 2.26. The van der Waals surface area contributed by atoms with Crippen LogP contribution in [0.25, 0.3) is 10.8 Å². The van der Waals surface area contributed by atoms with E-state index in [0.29, 0.717) is 36.0 Å². The van der Waals surface area contributed by atoms with Gasteiger partial charge in [0.2, 0.25) is 0 Å². The fourth-order valence-electron chi connectivity index (χ4n) is 4.63. The minimum Gasteiger partial charge on any atom is -0.492 e. The summed E-state index contributed by atoms with van der Waals surface area (Å²) in [4.78, 5) is 4.51. The molecule has 8 heteroatoms. The molecular formula is C33H34F5NO2. The molecule has 0 atom stereocenters. The maximum Gasteiger partial charge on any atom is 0.422 e. The third-order valence-corrected chi connectivity index (χ3v) is 6.90. The van der Waals surface area contributed by atoms with E-state index < -0.39 is 24.3 Å². The predicted molar refractivity (Wildman–Crippen MR) is 151 cm³/mol. The molecule has 1 aromatic heterocycles. The summed E-state index contributed by atoms with van der Waals surface area (Å²) in [5, 5.41) is 1.30. The minimum atomic E-state index is -4.55. The lowest BCUT2D eigenvalue weighted by atomic mass is 9.98. The molecule has 0 unspecified atom stereocenters. The first-order chi connectivity index (χ1) is 19.7. The number of pyridine rings is 1. The monoisotopic (exact) mass is 571 g/mol. The third-order valence-electron chi connectivity index (χ3n) is 6.90. The molecule has 3 aromatic carbocycles. The Labute approximate surface area is 237 Å². The molecule has 0 fully saturated rings. The molecule has 0 aliphatic carbocycles. The average molecular weight is 572 g/mol. The van der Waals surface area contributed by atoms with Crippen molar-refractivity contribution in [2.75, 3.05) is 13.2 Å². The van der Waals surface area contributed by atoms with Gasteiger partial charge in [0.25, 0.3) is 0 Å². The molecule has 0 bridgehead atoms. The van der Waals surface area contributed by atoms with Gasteiger partial charge in [-0.2, -0.15) is 13.2 Å². The highest BCUT2D eigenvalue weighted by molar-refractivity contribution is 5.84. The summed E-state index contributed by atoms with van der Waals surface area (Å²) in [5.41, 5.74) is 3.06. The summed E-state index contributed by atoms with van der Waals surface area (Å²) >= 11 is 0. The number of alkyl halides is 3. The Morgan fingerprint density at radius 1 is 0.756 bits per heavy atom. The summed E-state index contributed by atoms with van der Waals surface area (Å²) in [6.45, 7) is 1.32. The number of fused-ring (bicyclic) bond motifs is 1. The van der Waals surface area contributed by atoms with Crippen LogP contribution in [0, 0.1) is 11.6 Å². The Morgan fingerprint density at radius 3 is 2.27 bits per heavy atom. The second-order valence-electron chi connectivity index (χ2n) is 10.2. The van der Waals surface area contributed by atoms with Crippen LogP contribution in [-0.2, 0) is 25.7 Å². The number of aromatic nitrogens is 1. The van der Waals surface area contributed by atoms with Gasteiger partial charge in [0.05, 0.1) is 12.8 Å². The Hall–Kier alpha value is -3.68. The third kappa shape index (κ3) is 9.17. The lowest BCUT2D eigenvalue weighted by Crippen LogP contribution is -2.19. The van der Waals surface area contributed by atoms with E-state index in [1.165, 1.54) is 31.4 Å². The molecule has 4 rings (SSSR count). The van der Waals surface area contributed by atoms with E-state index in [0.717, 1.165) is 47.7 Å². The minimum absolute atomic E-state index is 0.315.